The van der Waals surface area contributed by atoms with Gasteiger partial charge in [0.15, 0.2) is 11.6 Å². The molecule has 148 valence electrons. The number of carbonyl (C=O) groups excluding carboxylic acids is 2. The van der Waals surface area contributed by atoms with Gasteiger partial charge in [0.1, 0.15) is 5.75 Å². The number of phenols is 1. The van der Waals surface area contributed by atoms with Gasteiger partial charge in [-0.1, -0.05) is 13.8 Å². The zero-order chi connectivity index (χ0) is 20.4. The Morgan fingerprint density at radius 1 is 0.964 bits per heavy atom. The fourth-order valence-corrected chi connectivity index (χ4v) is 3.86. The minimum atomic E-state index is -0.178. The van der Waals surface area contributed by atoms with Gasteiger partial charge in [0, 0.05) is 41.0 Å². The van der Waals surface area contributed by atoms with Crippen molar-refractivity contribution in [3.63, 3.8) is 0 Å². The second-order valence-corrected chi connectivity index (χ2v) is 7.32. The van der Waals surface area contributed by atoms with Crippen molar-refractivity contribution in [2.45, 2.75) is 40.7 Å². The molecule has 2 aromatic carbocycles. The quantitative estimate of drug-likeness (QED) is 0.579. The molecule has 0 saturated heterocycles. The Kier molecular flexibility index (Phi) is 5.84. The van der Waals surface area contributed by atoms with Crippen LogP contribution in [0.25, 0.3) is 21.8 Å². The molecule has 3 rings (SSSR count). The Morgan fingerprint density at radius 2 is 1.68 bits per heavy atom. The van der Waals surface area contributed by atoms with Crippen LogP contribution in [0.15, 0.2) is 30.3 Å². The van der Waals surface area contributed by atoms with E-state index in [-0.39, 0.29) is 17.3 Å². The summed E-state index contributed by atoms with van der Waals surface area (Å²) in [4.78, 5) is 26.2. The molecule has 0 atom stereocenters. The van der Waals surface area contributed by atoms with Crippen molar-refractivity contribution in [2.75, 3.05) is 19.6 Å². The fourth-order valence-electron chi connectivity index (χ4n) is 3.86. The summed E-state index contributed by atoms with van der Waals surface area (Å²) in [5, 5.41) is 12.2. The van der Waals surface area contributed by atoms with Crippen molar-refractivity contribution in [2.24, 2.45) is 0 Å². The predicted molar refractivity (Wildman–Crippen MR) is 114 cm³/mol. The van der Waals surface area contributed by atoms with Crippen LogP contribution in [0, 0.1) is 0 Å². The Balaban J connectivity index is 2.21. The van der Waals surface area contributed by atoms with E-state index in [2.05, 4.69) is 23.3 Å². The molecule has 1 heterocycles. The van der Waals surface area contributed by atoms with Crippen LogP contribution in [-0.2, 0) is 6.54 Å². The van der Waals surface area contributed by atoms with E-state index in [9.17, 15) is 14.7 Å². The van der Waals surface area contributed by atoms with Gasteiger partial charge in [0.05, 0.1) is 11.1 Å². The van der Waals surface area contributed by atoms with Crippen molar-refractivity contribution >= 4 is 33.4 Å². The molecule has 0 unspecified atom stereocenters. The first-order valence-corrected chi connectivity index (χ1v) is 9.90. The monoisotopic (exact) mass is 380 g/mol. The molecule has 1 aromatic heterocycles. The van der Waals surface area contributed by atoms with Crippen molar-refractivity contribution in [1.82, 2.24) is 9.47 Å². The van der Waals surface area contributed by atoms with E-state index in [1.54, 1.807) is 19.1 Å². The maximum Gasteiger partial charge on any atom is 0.163 e. The first-order chi connectivity index (χ1) is 13.4. The van der Waals surface area contributed by atoms with Crippen molar-refractivity contribution < 1.29 is 14.7 Å². The van der Waals surface area contributed by atoms with E-state index in [0.717, 1.165) is 54.4 Å². The molecule has 0 aliphatic carbocycles. The SMILES string of the molecule is CCCN(CC)CCn1c2ccc(C(C)=O)cc2c2cc(C(C)=O)c(O)cc21. The van der Waals surface area contributed by atoms with E-state index in [0.29, 0.717) is 11.1 Å². The topological polar surface area (TPSA) is 62.5 Å². The standard InChI is InChI=1S/C23H28N2O3/c1-5-9-24(6-2)10-11-25-21-8-7-17(15(3)26)12-19(21)20-13-18(16(4)27)23(28)14-22(20)25/h7-8,12-14,28H,5-6,9-11H2,1-4H3. The van der Waals surface area contributed by atoms with Gasteiger partial charge in [-0.3, -0.25) is 9.59 Å². The third-order valence-electron chi connectivity index (χ3n) is 5.40. The van der Waals surface area contributed by atoms with Gasteiger partial charge in [0.2, 0.25) is 0 Å². The number of phenolic OH excluding ortho intramolecular Hbond substituents is 1. The molecular formula is C23H28N2O3. The van der Waals surface area contributed by atoms with E-state index >= 15 is 0 Å². The van der Waals surface area contributed by atoms with Crippen LogP contribution in [0.4, 0.5) is 0 Å². The second-order valence-electron chi connectivity index (χ2n) is 7.32. The summed E-state index contributed by atoms with van der Waals surface area (Å²) in [6, 6.07) is 9.12. The number of fused-ring (bicyclic) bond motifs is 3. The van der Waals surface area contributed by atoms with E-state index in [4.69, 9.17) is 0 Å². The highest BCUT2D eigenvalue weighted by Gasteiger charge is 2.17. The number of aromatic nitrogens is 1. The minimum Gasteiger partial charge on any atom is -0.507 e. The summed E-state index contributed by atoms with van der Waals surface area (Å²) >= 11 is 0. The number of rotatable bonds is 8. The van der Waals surface area contributed by atoms with Gasteiger partial charge in [-0.15, -0.1) is 0 Å². The first-order valence-electron chi connectivity index (χ1n) is 9.90. The van der Waals surface area contributed by atoms with Gasteiger partial charge in [-0.05, 0) is 57.6 Å². The zero-order valence-electron chi connectivity index (χ0n) is 17.1. The highest BCUT2D eigenvalue weighted by Crippen LogP contribution is 2.34. The molecule has 5 heteroatoms. The summed E-state index contributed by atoms with van der Waals surface area (Å²) in [5.41, 5.74) is 2.84. The average Bonchev–Trinajstić information content (AvgIpc) is 2.96. The Hall–Kier alpha value is -2.66. The molecule has 0 aliphatic heterocycles. The molecular weight excluding hydrogens is 352 g/mol. The van der Waals surface area contributed by atoms with E-state index in [1.807, 2.05) is 18.2 Å². The Labute approximate surface area is 165 Å². The van der Waals surface area contributed by atoms with Crippen LogP contribution in [0.1, 0.15) is 54.8 Å². The molecule has 1 N–H and O–H groups in total. The van der Waals surface area contributed by atoms with E-state index < -0.39 is 0 Å². The molecule has 0 spiro atoms. The van der Waals surface area contributed by atoms with Crippen LogP contribution in [0.3, 0.4) is 0 Å². The molecule has 28 heavy (non-hydrogen) atoms. The molecule has 0 amide bonds. The van der Waals surface area contributed by atoms with Gasteiger partial charge in [-0.2, -0.15) is 0 Å². The second kappa shape index (κ2) is 8.15. The highest BCUT2D eigenvalue weighted by molar-refractivity contribution is 6.13. The summed E-state index contributed by atoms with van der Waals surface area (Å²) in [6.07, 6.45) is 1.10. The highest BCUT2D eigenvalue weighted by atomic mass is 16.3. The van der Waals surface area contributed by atoms with E-state index in [1.165, 1.54) is 6.92 Å². The lowest BCUT2D eigenvalue weighted by molar-refractivity contribution is 0.100. The largest absolute Gasteiger partial charge is 0.507 e. The lowest BCUT2D eigenvalue weighted by Crippen LogP contribution is -2.28. The number of likely N-dealkylation sites (N-methyl/N-ethyl adjacent to an activating group) is 1. The summed E-state index contributed by atoms with van der Waals surface area (Å²) in [7, 11) is 0. The van der Waals surface area contributed by atoms with Crippen molar-refractivity contribution in [3.05, 3.63) is 41.5 Å². The summed E-state index contributed by atoms with van der Waals surface area (Å²) in [5.74, 6) is -0.173. The molecule has 5 nitrogen and oxygen atoms in total. The average molecular weight is 380 g/mol. The third kappa shape index (κ3) is 3.67. The van der Waals surface area contributed by atoms with Crippen molar-refractivity contribution in [1.29, 1.82) is 0 Å². The number of hydrogen-bond donors (Lipinski definition) is 1. The van der Waals surface area contributed by atoms with Crippen LogP contribution >= 0.6 is 0 Å². The summed E-state index contributed by atoms with van der Waals surface area (Å²) < 4.78 is 2.18. The zero-order valence-corrected chi connectivity index (χ0v) is 17.1. The Bertz CT molecular complexity index is 1050. The molecule has 0 bridgehead atoms. The molecule has 0 saturated carbocycles. The lowest BCUT2D eigenvalue weighted by Gasteiger charge is -2.20. The number of hydrogen-bond acceptors (Lipinski definition) is 4. The maximum absolute atomic E-state index is 11.9. The number of aromatic hydroxyl groups is 1. The molecule has 0 aliphatic rings. The third-order valence-corrected chi connectivity index (χ3v) is 5.40. The van der Waals surface area contributed by atoms with Gasteiger partial charge in [0.25, 0.3) is 0 Å². The van der Waals surface area contributed by atoms with Crippen LogP contribution in [-0.4, -0.2) is 45.8 Å². The number of benzene rings is 2. The smallest absolute Gasteiger partial charge is 0.163 e. The lowest BCUT2D eigenvalue weighted by atomic mass is 10.0. The first kappa shape index (κ1) is 20.1. The Morgan fingerprint density at radius 3 is 2.29 bits per heavy atom. The predicted octanol–water partition coefficient (Wildman–Crippen LogP) is 4.64. The normalized spacial score (nSPS) is 11.6. The van der Waals surface area contributed by atoms with Crippen LogP contribution in [0.5, 0.6) is 5.75 Å². The number of nitrogens with zero attached hydrogens (tertiary/aromatic N) is 2. The summed E-state index contributed by atoms with van der Waals surface area (Å²) in [6.45, 7) is 11.0. The maximum atomic E-state index is 11.9. The number of ketones is 2. The fraction of sp³-hybridized carbons (Fsp3) is 0.391. The number of carbonyl (C=O) groups is 2. The number of Topliss-reactive ketones (excluding diaryl/α,β-unsaturated/α-hetero) is 2. The minimum absolute atomic E-state index is 0.00301. The van der Waals surface area contributed by atoms with Crippen molar-refractivity contribution in [3.8, 4) is 5.75 Å². The molecule has 3 aromatic rings. The van der Waals surface area contributed by atoms with Crippen LogP contribution < -0.4 is 0 Å². The van der Waals surface area contributed by atoms with Gasteiger partial charge in [-0.25, -0.2) is 0 Å². The van der Waals surface area contributed by atoms with Gasteiger partial charge < -0.3 is 14.6 Å². The molecule has 0 radical (unpaired) electrons. The van der Waals surface area contributed by atoms with Crippen LogP contribution in [0.2, 0.25) is 0 Å². The van der Waals surface area contributed by atoms with Gasteiger partial charge >= 0.3 is 0 Å². The molecule has 0 fully saturated rings.